The number of ether oxygens (including phenoxy) is 2. The number of benzene rings is 8. The predicted octanol–water partition coefficient (Wildman–Crippen LogP) is 18.3. The van der Waals surface area contributed by atoms with E-state index in [9.17, 15) is 0 Å². The first-order chi connectivity index (χ1) is 37.0. The van der Waals surface area contributed by atoms with Gasteiger partial charge in [-0.25, -0.2) is 0 Å². The van der Waals surface area contributed by atoms with Crippen molar-refractivity contribution in [1.29, 1.82) is 0 Å². The van der Waals surface area contributed by atoms with Crippen molar-refractivity contribution in [3.8, 4) is 34.5 Å². The molecule has 2 aliphatic heterocycles. The van der Waals surface area contributed by atoms with Crippen LogP contribution in [0.5, 0.6) is 34.5 Å². The molecule has 0 saturated heterocycles. The van der Waals surface area contributed by atoms with Gasteiger partial charge in [0.05, 0.1) is 27.4 Å². The van der Waals surface area contributed by atoms with Crippen molar-refractivity contribution in [1.82, 2.24) is 0 Å². The molecule has 0 fully saturated rings. The molecule has 0 spiro atoms. The van der Waals surface area contributed by atoms with Gasteiger partial charge in [0.25, 0.3) is 0 Å². The third-order valence-electron chi connectivity index (χ3n) is 15.7. The number of methoxy groups -OCH3 is 2. The molecule has 8 bridgehead atoms. The molecule has 0 N–H and O–H groups in total. The summed E-state index contributed by atoms with van der Waals surface area (Å²) in [6.45, 7) is 28.1. The Balaban J connectivity index is 1.14. The van der Waals surface area contributed by atoms with Crippen molar-refractivity contribution >= 4 is 38.7 Å². The Hall–Kier alpha value is -6.14. The molecule has 8 aromatic carbocycles. The molecule has 2 atom stereocenters. The molecule has 78 heavy (non-hydrogen) atoms. The molecular formula is C68H74O8P2. The molecular weight excluding hydrogens is 1010 g/mol. The van der Waals surface area contributed by atoms with Crippen molar-refractivity contribution in [3.63, 3.8) is 0 Å². The third kappa shape index (κ3) is 10.7. The molecule has 0 aromatic heterocycles. The lowest BCUT2D eigenvalue weighted by Gasteiger charge is -2.30. The van der Waals surface area contributed by atoms with E-state index in [0.717, 1.165) is 112 Å². The van der Waals surface area contributed by atoms with Crippen LogP contribution in [0.3, 0.4) is 0 Å². The molecule has 3 aliphatic rings. The molecule has 8 aromatic rings. The van der Waals surface area contributed by atoms with Crippen molar-refractivity contribution in [2.24, 2.45) is 0 Å². The summed E-state index contributed by atoms with van der Waals surface area (Å²) in [5.41, 5.74) is 14.4. The molecule has 2 heterocycles. The molecule has 0 saturated carbocycles. The summed E-state index contributed by atoms with van der Waals surface area (Å²) in [6, 6.07) is 43.8. The van der Waals surface area contributed by atoms with Crippen LogP contribution in [0.1, 0.15) is 161 Å². The standard InChI is InChI=1S/C68H74O8P2/c1-65(2,3)51-31-43-27-47-35-53(67(7,8)9)37-49(63(47)75-77-71-39-57-55-21-17-15-19-41(55)23-25-59(57)73-77)29-45-33-52(66(4,5)6)34-46(62(45)70-14)30-50-38-54(68(10,11)12)36-48(28-44(32-51)61(43)69-13)64(50)76-78-72-40-58-56-22-18-16-20-42(56)24-26-60(58)74-78/h15-26,31-38H,27-30,39-40H2,1-14H3. The zero-order valence-electron chi connectivity index (χ0n) is 48.0. The van der Waals surface area contributed by atoms with Crippen LogP contribution >= 0.6 is 17.2 Å². The smallest absolute Gasteiger partial charge is 0.463 e. The second-order valence-corrected chi connectivity index (χ2v) is 27.6. The normalized spacial score (nSPS) is 16.6. The number of hydrogen-bond donors (Lipinski definition) is 0. The SMILES string of the molecule is COc1c2cc(C(C)(C)C)cc1Cc1cc(C(C)(C)C)cc(c1OP1OCc3c(ccc4ccccc34)O1)Cc1cc(C(C)(C)C)cc(c1OC)Cc1cc(C(C)(C)C)cc(c1OP1OCc3c(ccc4ccccc34)O1)C2. The highest BCUT2D eigenvalue weighted by atomic mass is 31.2. The van der Waals surface area contributed by atoms with Crippen LogP contribution in [0.4, 0.5) is 0 Å². The topological polar surface area (TPSA) is 73.8 Å². The summed E-state index contributed by atoms with van der Waals surface area (Å²) in [5, 5.41) is 4.53. The lowest BCUT2D eigenvalue weighted by molar-refractivity contribution is 0.233. The van der Waals surface area contributed by atoms with Gasteiger partial charge in [-0.2, -0.15) is 0 Å². The Bertz CT molecular complexity index is 3290. The highest BCUT2D eigenvalue weighted by Crippen LogP contribution is 2.54. The maximum atomic E-state index is 7.30. The number of hydrogen-bond acceptors (Lipinski definition) is 8. The van der Waals surface area contributed by atoms with Gasteiger partial charge in [0.15, 0.2) is 0 Å². The van der Waals surface area contributed by atoms with Gasteiger partial charge in [-0.05, 0) is 122 Å². The van der Waals surface area contributed by atoms with E-state index >= 15 is 0 Å². The lowest BCUT2D eigenvalue weighted by Crippen LogP contribution is -2.17. The summed E-state index contributed by atoms with van der Waals surface area (Å²) >= 11 is 0. The lowest BCUT2D eigenvalue weighted by atomic mass is 9.79. The van der Waals surface area contributed by atoms with E-state index in [-0.39, 0.29) is 21.7 Å². The summed E-state index contributed by atoms with van der Waals surface area (Å²) in [7, 11) is -0.131. The van der Waals surface area contributed by atoms with Gasteiger partial charge in [-0.1, -0.05) is 192 Å². The summed E-state index contributed by atoms with van der Waals surface area (Å²) in [5.74, 6) is 4.72. The van der Waals surface area contributed by atoms with E-state index < -0.39 is 17.2 Å². The minimum atomic E-state index is -1.86. The fourth-order valence-corrected chi connectivity index (χ4v) is 13.4. The second-order valence-electron chi connectivity index (χ2n) is 25.5. The van der Waals surface area contributed by atoms with Crippen LogP contribution in [0.15, 0.2) is 121 Å². The van der Waals surface area contributed by atoms with Crippen molar-refractivity contribution in [2.75, 3.05) is 14.2 Å². The zero-order chi connectivity index (χ0) is 55.1. The van der Waals surface area contributed by atoms with Gasteiger partial charge in [-0.3, -0.25) is 9.05 Å². The van der Waals surface area contributed by atoms with Crippen LogP contribution < -0.4 is 27.6 Å². The first kappa shape index (κ1) is 53.8. The van der Waals surface area contributed by atoms with Crippen LogP contribution in [-0.2, 0) is 69.6 Å². The van der Waals surface area contributed by atoms with E-state index in [2.05, 4.69) is 204 Å². The Morgan fingerprint density at radius 1 is 0.359 bits per heavy atom. The van der Waals surface area contributed by atoms with Gasteiger partial charge < -0.3 is 27.6 Å². The quantitative estimate of drug-likeness (QED) is 0.153. The first-order valence-electron chi connectivity index (χ1n) is 27.3. The average molecular weight is 1080 g/mol. The molecule has 2 unspecified atom stereocenters. The number of fused-ring (bicyclic) bond motifs is 14. The highest BCUT2D eigenvalue weighted by molar-refractivity contribution is 7.43. The first-order valence-corrected chi connectivity index (χ1v) is 29.5. The van der Waals surface area contributed by atoms with Crippen molar-refractivity contribution < 1.29 is 36.6 Å². The Morgan fingerprint density at radius 3 is 0.923 bits per heavy atom. The average Bonchev–Trinajstić information content (AvgIpc) is 3.40. The fourth-order valence-electron chi connectivity index (χ4n) is 11.2. The maximum absolute atomic E-state index is 7.30. The Labute approximate surface area is 464 Å². The number of rotatable bonds is 6. The van der Waals surface area contributed by atoms with Crippen LogP contribution in [0, 0.1) is 0 Å². The molecule has 0 amide bonds. The summed E-state index contributed by atoms with van der Waals surface area (Å²) < 4.78 is 54.7. The third-order valence-corrected chi connectivity index (χ3v) is 17.7. The minimum Gasteiger partial charge on any atom is -0.496 e. The fraction of sp³-hybridized carbons (Fsp3) is 0.353. The van der Waals surface area contributed by atoms with Gasteiger partial charge >= 0.3 is 17.2 Å². The second kappa shape index (κ2) is 20.5. The minimum absolute atomic E-state index is 0.203. The van der Waals surface area contributed by atoms with Crippen molar-refractivity contribution in [2.45, 2.75) is 144 Å². The predicted molar refractivity (Wildman–Crippen MR) is 319 cm³/mol. The van der Waals surface area contributed by atoms with Gasteiger partial charge in [0, 0.05) is 36.8 Å². The van der Waals surface area contributed by atoms with Gasteiger partial charge in [0.1, 0.15) is 34.5 Å². The highest BCUT2D eigenvalue weighted by Gasteiger charge is 2.34. The largest absolute Gasteiger partial charge is 0.496 e. The maximum Gasteiger partial charge on any atom is 0.463 e. The molecule has 11 rings (SSSR count). The molecule has 8 nitrogen and oxygen atoms in total. The molecule has 0 radical (unpaired) electrons. The van der Waals surface area contributed by atoms with E-state index in [1.54, 1.807) is 14.2 Å². The van der Waals surface area contributed by atoms with E-state index in [1.165, 1.54) is 22.3 Å². The summed E-state index contributed by atoms with van der Waals surface area (Å²) in [6.07, 6.45) is 2.05. The molecule has 404 valence electrons. The van der Waals surface area contributed by atoms with Gasteiger partial charge in [0.2, 0.25) is 0 Å². The Morgan fingerprint density at radius 2 is 0.641 bits per heavy atom. The molecule has 10 heteroatoms. The van der Waals surface area contributed by atoms with Crippen LogP contribution in [0.2, 0.25) is 0 Å². The Kier molecular flexibility index (Phi) is 14.2. The van der Waals surface area contributed by atoms with E-state index in [1.807, 2.05) is 0 Å². The monoisotopic (exact) mass is 1080 g/mol. The summed E-state index contributed by atoms with van der Waals surface area (Å²) in [4.78, 5) is 0. The van der Waals surface area contributed by atoms with E-state index in [0.29, 0.717) is 38.9 Å². The molecule has 1 aliphatic carbocycles. The van der Waals surface area contributed by atoms with E-state index in [4.69, 9.17) is 36.6 Å². The van der Waals surface area contributed by atoms with Crippen molar-refractivity contribution in [3.05, 3.63) is 199 Å². The van der Waals surface area contributed by atoms with Crippen LogP contribution in [0.25, 0.3) is 21.5 Å². The van der Waals surface area contributed by atoms with Gasteiger partial charge in [-0.15, -0.1) is 0 Å². The zero-order valence-corrected chi connectivity index (χ0v) is 49.7. The van der Waals surface area contributed by atoms with Crippen LogP contribution in [-0.4, -0.2) is 14.2 Å².